The third-order valence-electron chi connectivity index (χ3n) is 4.96. The maximum Gasteiger partial charge on any atom is 0.331 e. The molecule has 166 valence electrons. The third kappa shape index (κ3) is 5.27. The number of carboxylic acids is 1. The number of hydrogen-bond donors (Lipinski definition) is 1. The van der Waals surface area contributed by atoms with E-state index in [4.69, 9.17) is 28.6 Å². The van der Waals surface area contributed by atoms with Gasteiger partial charge in [-0.15, -0.1) is 0 Å². The molecule has 0 spiro atoms. The minimum atomic E-state index is -1.18. The molecule has 1 N–H and O–H groups in total. The van der Waals surface area contributed by atoms with E-state index in [1.807, 2.05) is 36.4 Å². The van der Waals surface area contributed by atoms with Crippen LogP contribution in [0.2, 0.25) is 5.02 Å². The van der Waals surface area contributed by atoms with E-state index < -0.39 is 17.9 Å². The van der Waals surface area contributed by atoms with Gasteiger partial charge < -0.3 is 9.84 Å². The van der Waals surface area contributed by atoms with Gasteiger partial charge in [-0.25, -0.2) is 4.79 Å². The first-order valence-corrected chi connectivity index (χ1v) is 11.6. The maximum absolute atomic E-state index is 13.0. The lowest BCUT2D eigenvalue weighted by Gasteiger charge is -2.23. The van der Waals surface area contributed by atoms with Crippen LogP contribution in [0.25, 0.3) is 6.08 Å². The van der Waals surface area contributed by atoms with Crippen LogP contribution >= 0.6 is 35.6 Å². The zero-order valence-corrected chi connectivity index (χ0v) is 19.6. The van der Waals surface area contributed by atoms with Crippen LogP contribution in [0.3, 0.4) is 0 Å². The fraction of sp³-hybridized carbons (Fsp3) is 0.0800. The lowest BCUT2D eigenvalue weighted by atomic mass is 10.1. The lowest BCUT2D eigenvalue weighted by Crippen LogP contribution is -2.37. The number of thiocarbonyl (C=S) groups is 1. The largest absolute Gasteiger partial charge is 0.489 e. The Balaban J connectivity index is 1.49. The molecular formula is C25H18ClNO4S2. The molecule has 1 fully saturated rings. The van der Waals surface area contributed by atoms with Gasteiger partial charge in [-0.3, -0.25) is 9.69 Å². The number of carboxylic acid groups (broad SMARTS) is 1. The first-order valence-electron chi connectivity index (χ1n) is 9.95. The van der Waals surface area contributed by atoms with Crippen molar-refractivity contribution in [2.45, 2.75) is 12.6 Å². The summed E-state index contributed by atoms with van der Waals surface area (Å²) in [5.74, 6) is -0.909. The van der Waals surface area contributed by atoms with Gasteiger partial charge in [-0.2, -0.15) is 0 Å². The van der Waals surface area contributed by atoms with E-state index in [0.717, 1.165) is 27.8 Å². The number of halogens is 1. The summed E-state index contributed by atoms with van der Waals surface area (Å²) in [5.41, 5.74) is 2.15. The number of carbonyl (C=O) groups excluding carboxylic acids is 1. The van der Waals surface area contributed by atoms with Crippen molar-refractivity contribution in [3.8, 4) is 5.75 Å². The Bertz CT molecular complexity index is 1230. The first kappa shape index (κ1) is 23.0. The van der Waals surface area contributed by atoms with Crippen LogP contribution in [0.15, 0.2) is 83.8 Å². The predicted molar refractivity (Wildman–Crippen MR) is 134 cm³/mol. The number of nitrogens with zero attached hydrogens (tertiary/aromatic N) is 1. The van der Waals surface area contributed by atoms with Crippen molar-refractivity contribution < 1.29 is 19.4 Å². The SMILES string of the molecule is O=C(O)C(c1ccccc1)N1C(=O)/C(=C\c2ccc(OCc3ccccc3Cl)cc2)SC1=S. The Labute approximate surface area is 205 Å². The Kier molecular flexibility index (Phi) is 7.13. The molecule has 33 heavy (non-hydrogen) atoms. The molecule has 0 aliphatic carbocycles. The summed E-state index contributed by atoms with van der Waals surface area (Å²) in [5, 5.41) is 10.4. The van der Waals surface area contributed by atoms with Crippen LogP contribution in [-0.2, 0) is 16.2 Å². The monoisotopic (exact) mass is 495 g/mol. The Morgan fingerprint density at radius 3 is 2.39 bits per heavy atom. The smallest absolute Gasteiger partial charge is 0.331 e. The quantitative estimate of drug-likeness (QED) is 0.323. The summed E-state index contributed by atoms with van der Waals surface area (Å²) >= 11 is 12.6. The molecule has 1 atom stereocenters. The minimum absolute atomic E-state index is 0.210. The van der Waals surface area contributed by atoms with Crippen molar-refractivity contribution in [1.82, 2.24) is 4.90 Å². The maximum atomic E-state index is 13.0. The molecule has 1 heterocycles. The molecule has 3 aromatic rings. The fourth-order valence-corrected chi connectivity index (χ4v) is 4.83. The second kappa shape index (κ2) is 10.2. The molecule has 1 aliphatic rings. The van der Waals surface area contributed by atoms with Gasteiger partial charge in [0.15, 0.2) is 6.04 Å². The van der Waals surface area contributed by atoms with Crippen molar-refractivity contribution >= 4 is 57.9 Å². The van der Waals surface area contributed by atoms with Gasteiger partial charge in [0.1, 0.15) is 16.7 Å². The zero-order chi connectivity index (χ0) is 23.4. The van der Waals surface area contributed by atoms with Crippen molar-refractivity contribution in [1.29, 1.82) is 0 Å². The molecule has 0 radical (unpaired) electrons. The average Bonchev–Trinajstić information content (AvgIpc) is 3.08. The number of hydrogen-bond acceptors (Lipinski definition) is 5. The molecule has 1 aliphatic heterocycles. The van der Waals surface area contributed by atoms with E-state index >= 15 is 0 Å². The molecule has 0 bridgehead atoms. The molecule has 0 saturated carbocycles. The Hall–Kier alpha value is -3.13. The third-order valence-corrected chi connectivity index (χ3v) is 6.66. The summed E-state index contributed by atoms with van der Waals surface area (Å²) in [6, 6.07) is 22.1. The van der Waals surface area contributed by atoms with Gasteiger partial charge in [-0.1, -0.05) is 96.2 Å². The van der Waals surface area contributed by atoms with Gasteiger partial charge in [0, 0.05) is 10.6 Å². The van der Waals surface area contributed by atoms with E-state index in [1.165, 1.54) is 0 Å². The summed E-state index contributed by atoms with van der Waals surface area (Å²) in [4.78, 5) is 26.5. The highest BCUT2D eigenvalue weighted by Gasteiger charge is 2.41. The van der Waals surface area contributed by atoms with Crippen molar-refractivity contribution in [3.05, 3.63) is 105 Å². The van der Waals surface area contributed by atoms with E-state index in [0.29, 0.717) is 27.8 Å². The first-order chi connectivity index (χ1) is 15.9. The minimum Gasteiger partial charge on any atom is -0.489 e. The van der Waals surface area contributed by atoms with E-state index in [2.05, 4.69) is 0 Å². The molecule has 8 heteroatoms. The average molecular weight is 496 g/mol. The molecule has 1 saturated heterocycles. The van der Waals surface area contributed by atoms with E-state index in [1.54, 1.807) is 48.5 Å². The summed E-state index contributed by atoms with van der Waals surface area (Å²) in [6.45, 7) is 0.341. The van der Waals surface area contributed by atoms with Crippen LogP contribution in [0, 0.1) is 0 Å². The van der Waals surface area contributed by atoms with Crippen LogP contribution in [0.5, 0.6) is 5.75 Å². The molecule has 3 aromatic carbocycles. The highest BCUT2D eigenvalue weighted by molar-refractivity contribution is 8.26. The number of benzene rings is 3. The van der Waals surface area contributed by atoms with Crippen LogP contribution < -0.4 is 4.74 Å². The highest BCUT2D eigenvalue weighted by atomic mass is 35.5. The molecule has 4 rings (SSSR count). The molecule has 1 amide bonds. The van der Waals surface area contributed by atoms with E-state index in [9.17, 15) is 14.7 Å². The highest BCUT2D eigenvalue weighted by Crippen LogP contribution is 2.38. The van der Waals surface area contributed by atoms with Gasteiger partial charge in [-0.05, 0) is 35.4 Å². The zero-order valence-electron chi connectivity index (χ0n) is 17.2. The summed E-state index contributed by atoms with van der Waals surface area (Å²) in [6.07, 6.45) is 1.70. The number of aliphatic carboxylic acids is 1. The number of amides is 1. The molecule has 0 aromatic heterocycles. The van der Waals surface area contributed by atoms with Crippen molar-refractivity contribution in [3.63, 3.8) is 0 Å². The predicted octanol–water partition coefficient (Wildman–Crippen LogP) is 5.95. The van der Waals surface area contributed by atoms with Gasteiger partial charge in [0.25, 0.3) is 5.91 Å². The van der Waals surface area contributed by atoms with Crippen molar-refractivity contribution in [2.75, 3.05) is 0 Å². The fourth-order valence-electron chi connectivity index (χ4n) is 3.33. The van der Waals surface area contributed by atoms with Crippen LogP contribution in [0.1, 0.15) is 22.7 Å². The summed E-state index contributed by atoms with van der Waals surface area (Å²) in [7, 11) is 0. The normalized spacial score (nSPS) is 15.7. The van der Waals surface area contributed by atoms with Gasteiger partial charge in [0.2, 0.25) is 0 Å². The number of ether oxygens (including phenoxy) is 1. The molecule has 1 unspecified atom stereocenters. The second-order valence-corrected chi connectivity index (χ2v) is 9.24. The standard InChI is InChI=1S/C25H18ClNO4S2/c26-20-9-5-4-8-18(20)15-31-19-12-10-16(11-13-19)14-21-23(28)27(25(32)33-21)22(24(29)30)17-6-2-1-3-7-17/h1-14,22H,15H2,(H,29,30)/b21-14+. The van der Waals surface area contributed by atoms with Gasteiger partial charge >= 0.3 is 5.97 Å². The molecule has 5 nitrogen and oxygen atoms in total. The topological polar surface area (TPSA) is 66.8 Å². The second-order valence-electron chi connectivity index (χ2n) is 7.15. The molecular weight excluding hydrogens is 478 g/mol. The number of carbonyl (C=O) groups is 2. The van der Waals surface area contributed by atoms with Crippen LogP contribution in [-0.4, -0.2) is 26.2 Å². The Morgan fingerprint density at radius 2 is 1.73 bits per heavy atom. The lowest BCUT2D eigenvalue weighted by molar-refractivity contribution is -0.145. The summed E-state index contributed by atoms with van der Waals surface area (Å²) < 4.78 is 6.00. The van der Waals surface area contributed by atoms with E-state index in [-0.39, 0.29) is 4.32 Å². The van der Waals surface area contributed by atoms with Crippen molar-refractivity contribution in [2.24, 2.45) is 0 Å². The van der Waals surface area contributed by atoms with Crippen LogP contribution in [0.4, 0.5) is 0 Å². The number of thioether (sulfide) groups is 1. The Morgan fingerprint density at radius 1 is 1.06 bits per heavy atom. The number of rotatable bonds is 7. The van der Waals surface area contributed by atoms with Gasteiger partial charge in [0.05, 0.1) is 4.91 Å².